The van der Waals surface area contributed by atoms with Crippen molar-refractivity contribution in [2.75, 3.05) is 26.2 Å². The van der Waals surface area contributed by atoms with Gasteiger partial charge in [0.05, 0.1) is 0 Å². The van der Waals surface area contributed by atoms with Crippen molar-refractivity contribution in [1.29, 1.82) is 0 Å². The molecule has 1 amide bonds. The van der Waals surface area contributed by atoms with E-state index in [9.17, 15) is 4.79 Å². The van der Waals surface area contributed by atoms with Crippen LogP contribution in [0.2, 0.25) is 0 Å². The normalized spacial score (nSPS) is 19.2. The molecule has 0 aromatic carbocycles. The first-order chi connectivity index (χ1) is 9.20. The summed E-state index contributed by atoms with van der Waals surface area (Å²) >= 11 is 0. The molecule has 1 unspecified atom stereocenters. The van der Waals surface area contributed by atoms with E-state index in [1.165, 1.54) is 12.8 Å². The Bertz CT molecular complexity index is 427. The number of piperidine rings is 1. The van der Waals surface area contributed by atoms with Gasteiger partial charge in [-0.2, -0.15) is 0 Å². The Kier molecular flexibility index (Phi) is 4.91. The van der Waals surface area contributed by atoms with Gasteiger partial charge in [-0.3, -0.25) is 9.78 Å². The molecule has 4 nitrogen and oxygen atoms in total. The molecule has 104 valence electrons. The van der Waals surface area contributed by atoms with Crippen molar-refractivity contribution in [3.05, 3.63) is 29.6 Å². The van der Waals surface area contributed by atoms with Crippen LogP contribution in [-0.4, -0.2) is 42.0 Å². The van der Waals surface area contributed by atoms with Crippen LogP contribution < -0.4 is 5.32 Å². The first-order valence-electron chi connectivity index (χ1n) is 7.13. The number of carbonyl (C=O) groups excluding carboxylic acids is 1. The molecular weight excluding hydrogens is 238 g/mol. The second kappa shape index (κ2) is 6.66. The molecule has 0 bridgehead atoms. The maximum Gasteiger partial charge on any atom is 0.253 e. The summed E-state index contributed by atoms with van der Waals surface area (Å²) in [6, 6.07) is 3.67. The molecule has 2 heterocycles. The molecule has 0 radical (unpaired) electrons. The molecule has 19 heavy (non-hydrogen) atoms. The maximum atomic E-state index is 12.5. The van der Waals surface area contributed by atoms with Gasteiger partial charge in [0.2, 0.25) is 0 Å². The fourth-order valence-electron chi connectivity index (χ4n) is 2.61. The highest BCUT2D eigenvalue weighted by atomic mass is 16.2. The molecule has 1 saturated heterocycles. The summed E-state index contributed by atoms with van der Waals surface area (Å²) in [4.78, 5) is 18.6. The van der Waals surface area contributed by atoms with Crippen LogP contribution in [0.3, 0.4) is 0 Å². The minimum absolute atomic E-state index is 0.124. The number of nitrogens with one attached hydrogen (secondary N) is 1. The van der Waals surface area contributed by atoms with Crippen LogP contribution in [0.25, 0.3) is 0 Å². The minimum atomic E-state index is 0.124. The standard InChI is InChI=1S/C15H23N3O/c1-3-18(11-13-5-4-7-16-10-13)15(19)14-6-8-17-12(2)9-14/h6,8-9,13,16H,3-5,7,10-11H2,1-2H3. The van der Waals surface area contributed by atoms with Crippen LogP contribution in [-0.2, 0) is 0 Å². The number of aromatic nitrogens is 1. The summed E-state index contributed by atoms with van der Waals surface area (Å²) in [5.41, 5.74) is 1.64. The predicted octanol–water partition coefficient (Wildman–Crippen LogP) is 1.85. The molecule has 1 fully saturated rings. The Labute approximate surface area is 115 Å². The number of carbonyl (C=O) groups is 1. The molecule has 1 aromatic rings. The smallest absolute Gasteiger partial charge is 0.253 e. The van der Waals surface area contributed by atoms with Crippen molar-refractivity contribution < 1.29 is 4.79 Å². The maximum absolute atomic E-state index is 12.5. The first kappa shape index (κ1) is 14.0. The quantitative estimate of drug-likeness (QED) is 0.899. The van der Waals surface area contributed by atoms with Gasteiger partial charge in [-0.15, -0.1) is 0 Å². The van der Waals surface area contributed by atoms with E-state index >= 15 is 0 Å². The van der Waals surface area contributed by atoms with E-state index in [0.29, 0.717) is 5.92 Å². The van der Waals surface area contributed by atoms with Crippen molar-refractivity contribution in [2.45, 2.75) is 26.7 Å². The second-order valence-electron chi connectivity index (χ2n) is 5.24. The molecule has 1 aliphatic rings. The largest absolute Gasteiger partial charge is 0.339 e. The SMILES string of the molecule is CCN(CC1CCCNC1)C(=O)c1ccnc(C)c1. The highest BCUT2D eigenvalue weighted by molar-refractivity contribution is 5.94. The number of hydrogen-bond acceptors (Lipinski definition) is 3. The van der Waals surface area contributed by atoms with E-state index < -0.39 is 0 Å². The highest BCUT2D eigenvalue weighted by Crippen LogP contribution is 2.14. The predicted molar refractivity (Wildman–Crippen MR) is 76.1 cm³/mol. The van der Waals surface area contributed by atoms with Gasteiger partial charge in [0, 0.05) is 30.5 Å². The summed E-state index contributed by atoms with van der Waals surface area (Å²) in [7, 11) is 0. The van der Waals surface area contributed by atoms with E-state index in [0.717, 1.165) is 37.4 Å². The fourth-order valence-corrected chi connectivity index (χ4v) is 2.61. The van der Waals surface area contributed by atoms with Crippen molar-refractivity contribution in [3.63, 3.8) is 0 Å². The molecule has 0 aliphatic carbocycles. The summed E-state index contributed by atoms with van der Waals surface area (Å²) in [5, 5.41) is 3.40. The van der Waals surface area contributed by atoms with E-state index in [2.05, 4.69) is 10.3 Å². The summed E-state index contributed by atoms with van der Waals surface area (Å²) in [5.74, 6) is 0.708. The monoisotopic (exact) mass is 261 g/mol. The number of hydrogen-bond donors (Lipinski definition) is 1. The van der Waals surface area contributed by atoms with Gasteiger partial charge in [-0.05, 0) is 57.8 Å². The molecular formula is C15H23N3O. The fraction of sp³-hybridized carbons (Fsp3) is 0.600. The van der Waals surface area contributed by atoms with Crippen molar-refractivity contribution in [1.82, 2.24) is 15.2 Å². The molecule has 0 saturated carbocycles. The van der Waals surface area contributed by atoms with Gasteiger partial charge in [0.1, 0.15) is 0 Å². The van der Waals surface area contributed by atoms with Gasteiger partial charge in [0.25, 0.3) is 5.91 Å². The van der Waals surface area contributed by atoms with E-state index in [1.54, 1.807) is 12.3 Å². The number of nitrogens with zero attached hydrogens (tertiary/aromatic N) is 2. The summed E-state index contributed by atoms with van der Waals surface area (Å²) in [6.07, 6.45) is 4.13. The number of pyridine rings is 1. The van der Waals surface area contributed by atoms with Gasteiger partial charge in [-0.25, -0.2) is 0 Å². The Balaban J connectivity index is 2.02. The zero-order valence-corrected chi connectivity index (χ0v) is 11.9. The van der Waals surface area contributed by atoms with Gasteiger partial charge < -0.3 is 10.2 Å². The van der Waals surface area contributed by atoms with E-state index in [-0.39, 0.29) is 5.91 Å². The number of amides is 1. The molecule has 1 aliphatic heterocycles. The van der Waals surface area contributed by atoms with Gasteiger partial charge in [0.15, 0.2) is 0 Å². The second-order valence-corrected chi connectivity index (χ2v) is 5.24. The average molecular weight is 261 g/mol. The lowest BCUT2D eigenvalue weighted by atomic mass is 9.99. The Hall–Kier alpha value is -1.42. The molecule has 1 atom stereocenters. The van der Waals surface area contributed by atoms with Crippen LogP contribution in [0.5, 0.6) is 0 Å². The third kappa shape index (κ3) is 3.77. The Morgan fingerprint density at radius 3 is 3.05 bits per heavy atom. The zero-order chi connectivity index (χ0) is 13.7. The molecule has 2 rings (SSSR count). The van der Waals surface area contributed by atoms with Crippen molar-refractivity contribution in [3.8, 4) is 0 Å². The lowest BCUT2D eigenvalue weighted by Gasteiger charge is -2.29. The molecule has 1 aromatic heterocycles. The Morgan fingerprint density at radius 2 is 2.42 bits per heavy atom. The van der Waals surface area contributed by atoms with Crippen LogP contribution in [0, 0.1) is 12.8 Å². The van der Waals surface area contributed by atoms with Crippen LogP contribution in [0.4, 0.5) is 0 Å². The molecule has 1 N–H and O–H groups in total. The third-order valence-corrected chi connectivity index (χ3v) is 3.69. The van der Waals surface area contributed by atoms with Crippen LogP contribution in [0.1, 0.15) is 35.8 Å². The van der Waals surface area contributed by atoms with Crippen LogP contribution in [0.15, 0.2) is 18.3 Å². The van der Waals surface area contributed by atoms with Crippen LogP contribution >= 0.6 is 0 Å². The topological polar surface area (TPSA) is 45.2 Å². The summed E-state index contributed by atoms with van der Waals surface area (Å²) in [6.45, 7) is 7.71. The summed E-state index contributed by atoms with van der Waals surface area (Å²) < 4.78 is 0. The van der Waals surface area contributed by atoms with Crippen molar-refractivity contribution in [2.24, 2.45) is 5.92 Å². The molecule has 0 spiro atoms. The van der Waals surface area contributed by atoms with E-state index in [1.807, 2.05) is 24.8 Å². The van der Waals surface area contributed by atoms with Gasteiger partial charge >= 0.3 is 0 Å². The molecule has 4 heteroatoms. The average Bonchev–Trinajstić information content (AvgIpc) is 2.45. The number of aryl methyl sites for hydroxylation is 1. The van der Waals surface area contributed by atoms with E-state index in [4.69, 9.17) is 0 Å². The number of rotatable bonds is 4. The van der Waals surface area contributed by atoms with Crippen molar-refractivity contribution >= 4 is 5.91 Å². The third-order valence-electron chi connectivity index (χ3n) is 3.69. The van der Waals surface area contributed by atoms with Gasteiger partial charge in [-0.1, -0.05) is 0 Å². The highest BCUT2D eigenvalue weighted by Gasteiger charge is 2.20. The Morgan fingerprint density at radius 1 is 1.58 bits per heavy atom. The zero-order valence-electron chi connectivity index (χ0n) is 11.9. The lowest BCUT2D eigenvalue weighted by Crippen LogP contribution is -2.41. The first-order valence-corrected chi connectivity index (χ1v) is 7.13. The lowest BCUT2D eigenvalue weighted by molar-refractivity contribution is 0.0729. The minimum Gasteiger partial charge on any atom is -0.339 e.